The molecule has 0 spiro atoms. The number of carbonyl (C=O) groups excluding carboxylic acids is 1. The summed E-state index contributed by atoms with van der Waals surface area (Å²) in [6.45, 7) is 6.55. The summed E-state index contributed by atoms with van der Waals surface area (Å²) in [5, 5.41) is 15.3. The average molecular weight is 404 g/mol. The van der Waals surface area contributed by atoms with E-state index in [-0.39, 0.29) is 29.6 Å². The van der Waals surface area contributed by atoms with Crippen molar-refractivity contribution < 1.29 is 14.7 Å². The second kappa shape index (κ2) is 8.14. The van der Waals surface area contributed by atoms with Crippen LogP contribution in [-0.4, -0.2) is 39.5 Å². The molecule has 1 aliphatic rings. The SMILES string of the molecule is CC[C@H](C)[C@H](NC(=O)c1ccc(C(C)C2CNc3nc(N)ncc32)s1)C(=O)O. The maximum absolute atomic E-state index is 12.6. The third-order valence-electron chi connectivity index (χ3n) is 5.39. The molecule has 3 heterocycles. The van der Waals surface area contributed by atoms with E-state index < -0.39 is 12.0 Å². The van der Waals surface area contributed by atoms with Gasteiger partial charge in [0, 0.05) is 29.1 Å². The Balaban J connectivity index is 1.74. The van der Waals surface area contributed by atoms with Gasteiger partial charge in [0.15, 0.2) is 0 Å². The molecular formula is C19H25N5O3S. The van der Waals surface area contributed by atoms with Gasteiger partial charge in [-0.1, -0.05) is 27.2 Å². The Morgan fingerprint density at radius 3 is 2.86 bits per heavy atom. The summed E-state index contributed by atoms with van der Waals surface area (Å²) >= 11 is 1.39. The summed E-state index contributed by atoms with van der Waals surface area (Å²) in [7, 11) is 0. The van der Waals surface area contributed by atoms with E-state index in [0.717, 1.165) is 22.8 Å². The number of amides is 1. The van der Waals surface area contributed by atoms with Crippen molar-refractivity contribution in [3.8, 4) is 0 Å². The lowest BCUT2D eigenvalue weighted by atomic mass is 9.89. The number of aromatic nitrogens is 2. The molecule has 0 radical (unpaired) electrons. The first-order valence-electron chi connectivity index (χ1n) is 9.31. The van der Waals surface area contributed by atoms with Crippen LogP contribution in [-0.2, 0) is 4.79 Å². The number of anilines is 2. The Labute approximate surface area is 167 Å². The van der Waals surface area contributed by atoms with E-state index in [4.69, 9.17) is 5.73 Å². The minimum Gasteiger partial charge on any atom is -0.480 e. The molecule has 1 aliphatic heterocycles. The van der Waals surface area contributed by atoms with Crippen molar-refractivity contribution in [2.24, 2.45) is 5.92 Å². The highest BCUT2D eigenvalue weighted by molar-refractivity contribution is 7.14. The molecule has 0 fully saturated rings. The summed E-state index contributed by atoms with van der Waals surface area (Å²) in [5.74, 6) is -0.179. The van der Waals surface area contributed by atoms with Crippen LogP contribution < -0.4 is 16.4 Å². The van der Waals surface area contributed by atoms with Crippen molar-refractivity contribution in [3.05, 3.63) is 33.6 Å². The number of nitrogens with one attached hydrogen (secondary N) is 2. The maximum Gasteiger partial charge on any atom is 0.326 e. The van der Waals surface area contributed by atoms with Gasteiger partial charge in [-0.15, -0.1) is 11.3 Å². The Bertz CT molecular complexity index is 884. The lowest BCUT2D eigenvalue weighted by Gasteiger charge is -2.19. The molecule has 4 atom stereocenters. The van der Waals surface area contributed by atoms with Crippen LogP contribution in [0.25, 0.3) is 0 Å². The molecule has 0 saturated carbocycles. The van der Waals surface area contributed by atoms with E-state index in [0.29, 0.717) is 11.3 Å². The zero-order valence-electron chi connectivity index (χ0n) is 16.1. The minimum absolute atomic E-state index is 0.145. The van der Waals surface area contributed by atoms with Crippen molar-refractivity contribution in [3.63, 3.8) is 0 Å². The van der Waals surface area contributed by atoms with Gasteiger partial charge in [0.05, 0.1) is 4.88 Å². The number of nitrogens with zero attached hydrogens (tertiary/aromatic N) is 2. The molecule has 0 saturated heterocycles. The van der Waals surface area contributed by atoms with Crippen LogP contribution in [0.2, 0.25) is 0 Å². The largest absolute Gasteiger partial charge is 0.480 e. The molecule has 28 heavy (non-hydrogen) atoms. The Kier molecular flexibility index (Phi) is 5.83. The molecule has 2 unspecified atom stereocenters. The van der Waals surface area contributed by atoms with Gasteiger partial charge in [0.2, 0.25) is 5.95 Å². The standard InChI is InChI=1S/C19H25N5O3S/c1-4-9(2)15(18(26)27)23-17(25)14-6-5-13(28-14)10(3)11-7-21-16-12(11)8-22-19(20)24-16/h5-6,8-11,15H,4,7H2,1-3H3,(H,23,25)(H,26,27)(H3,20,21,22,24)/t9-,10?,11?,15-/m0/s1. The smallest absolute Gasteiger partial charge is 0.326 e. The number of hydrogen-bond acceptors (Lipinski definition) is 7. The molecule has 1 amide bonds. The summed E-state index contributed by atoms with van der Waals surface area (Å²) in [6, 6.07) is 2.79. The van der Waals surface area contributed by atoms with Gasteiger partial charge in [-0.2, -0.15) is 4.98 Å². The normalized spacial score (nSPS) is 18.6. The zero-order chi connectivity index (χ0) is 20.4. The van der Waals surface area contributed by atoms with Gasteiger partial charge in [-0.3, -0.25) is 4.79 Å². The van der Waals surface area contributed by atoms with E-state index in [9.17, 15) is 14.7 Å². The summed E-state index contributed by atoms with van der Waals surface area (Å²) in [5.41, 5.74) is 6.66. The second-order valence-corrected chi connectivity index (χ2v) is 8.30. The van der Waals surface area contributed by atoms with Gasteiger partial charge in [-0.05, 0) is 24.0 Å². The number of carboxylic acid groups (broad SMARTS) is 1. The number of aliphatic carboxylic acids is 1. The summed E-state index contributed by atoms with van der Waals surface area (Å²) < 4.78 is 0. The molecule has 150 valence electrons. The van der Waals surface area contributed by atoms with E-state index in [1.54, 1.807) is 12.3 Å². The number of thiophene rings is 1. The number of carboxylic acids is 1. The zero-order valence-corrected chi connectivity index (χ0v) is 16.9. The molecule has 2 aromatic heterocycles. The molecule has 9 heteroatoms. The van der Waals surface area contributed by atoms with E-state index in [2.05, 4.69) is 27.5 Å². The molecule has 3 rings (SSSR count). The summed E-state index contributed by atoms with van der Waals surface area (Å²) in [4.78, 5) is 33.9. The lowest BCUT2D eigenvalue weighted by Crippen LogP contribution is -2.44. The number of nitrogen functional groups attached to an aromatic ring is 1. The fourth-order valence-corrected chi connectivity index (χ4v) is 4.42. The third kappa shape index (κ3) is 3.94. The minimum atomic E-state index is -1.01. The van der Waals surface area contributed by atoms with Gasteiger partial charge < -0.3 is 21.5 Å². The average Bonchev–Trinajstić information content (AvgIpc) is 3.31. The Hall–Kier alpha value is -2.68. The molecule has 8 nitrogen and oxygen atoms in total. The molecule has 2 aromatic rings. The number of fused-ring (bicyclic) bond motifs is 1. The first kappa shape index (κ1) is 20.1. The van der Waals surface area contributed by atoms with E-state index >= 15 is 0 Å². The summed E-state index contributed by atoms with van der Waals surface area (Å²) in [6.07, 6.45) is 2.42. The van der Waals surface area contributed by atoms with Crippen LogP contribution in [0.3, 0.4) is 0 Å². The topological polar surface area (TPSA) is 130 Å². The maximum atomic E-state index is 12.6. The van der Waals surface area contributed by atoms with Gasteiger partial charge >= 0.3 is 5.97 Å². The predicted molar refractivity (Wildman–Crippen MR) is 109 cm³/mol. The lowest BCUT2D eigenvalue weighted by molar-refractivity contribution is -0.140. The van der Waals surface area contributed by atoms with Crippen LogP contribution >= 0.6 is 11.3 Å². The predicted octanol–water partition coefficient (Wildman–Crippen LogP) is 2.66. The number of rotatable bonds is 7. The highest BCUT2D eigenvalue weighted by Gasteiger charge is 2.31. The number of hydrogen-bond donors (Lipinski definition) is 4. The fraction of sp³-hybridized carbons (Fsp3) is 0.474. The van der Waals surface area contributed by atoms with Crippen molar-refractivity contribution >= 4 is 35.0 Å². The Morgan fingerprint density at radius 2 is 2.18 bits per heavy atom. The highest BCUT2D eigenvalue weighted by Crippen LogP contribution is 2.41. The van der Waals surface area contributed by atoms with Crippen molar-refractivity contribution in [1.82, 2.24) is 15.3 Å². The van der Waals surface area contributed by atoms with E-state index in [1.807, 2.05) is 19.9 Å². The number of carbonyl (C=O) groups is 2. The fourth-order valence-electron chi connectivity index (χ4n) is 3.39. The Morgan fingerprint density at radius 1 is 1.43 bits per heavy atom. The van der Waals surface area contributed by atoms with Crippen molar-refractivity contribution in [2.75, 3.05) is 17.6 Å². The van der Waals surface area contributed by atoms with Crippen LogP contribution in [0, 0.1) is 5.92 Å². The van der Waals surface area contributed by atoms with Gasteiger partial charge in [0.1, 0.15) is 11.9 Å². The van der Waals surface area contributed by atoms with Crippen molar-refractivity contribution in [1.29, 1.82) is 0 Å². The van der Waals surface area contributed by atoms with Crippen molar-refractivity contribution in [2.45, 2.75) is 45.1 Å². The quantitative estimate of drug-likeness (QED) is 0.559. The first-order chi connectivity index (χ1) is 13.3. The third-order valence-corrected chi connectivity index (χ3v) is 6.68. The molecular weight excluding hydrogens is 378 g/mol. The van der Waals surface area contributed by atoms with Gasteiger partial charge in [0.25, 0.3) is 5.91 Å². The molecule has 0 aromatic carbocycles. The van der Waals surface area contributed by atoms with E-state index in [1.165, 1.54) is 11.3 Å². The van der Waals surface area contributed by atoms with Crippen LogP contribution in [0.4, 0.5) is 11.8 Å². The van der Waals surface area contributed by atoms with Gasteiger partial charge in [-0.25, -0.2) is 9.78 Å². The van der Waals surface area contributed by atoms with Crippen LogP contribution in [0.15, 0.2) is 18.3 Å². The van der Waals surface area contributed by atoms with Crippen LogP contribution in [0.5, 0.6) is 0 Å². The highest BCUT2D eigenvalue weighted by atomic mass is 32.1. The monoisotopic (exact) mass is 403 g/mol. The number of nitrogens with two attached hydrogens (primary N) is 1. The van der Waals surface area contributed by atoms with Crippen LogP contribution in [0.1, 0.15) is 59.1 Å². The second-order valence-electron chi connectivity index (χ2n) is 7.19. The first-order valence-corrected chi connectivity index (χ1v) is 10.1. The molecule has 0 aliphatic carbocycles. The molecule has 5 N–H and O–H groups in total. The molecule has 0 bridgehead atoms.